The highest BCUT2D eigenvalue weighted by Gasteiger charge is 2.26. The molecule has 0 unspecified atom stereocenters. The molecule has 0 N–H and O–H groups in total. The van der Waals surface area contributed by atoms with Gasteiger partial charge in [0.2, 0.25) is 0 Å². The first-order valence-electron chi connectivity index (χ1n) is 13.2. The molecule has 6 heteroatoms. The molecule has 0 fully saturated rings. The van der Waals surface area contributed by atoms with E-state index in [1.807, 2.05) is 121 Å². The summed E-state index contributed by atoms with van der Waals surface area (Å²) in [4.78, 5) is 32.5. The molecule has 0 saturated heterocycles. The molecule has 194 valence electrons. The zero-order chi connectivity index (χ0) is 27.3. The van der Waals surface area contributed by atoms with E-state index in [9.17, 15) is 9.59 Å². The zero-order valence-corrected chi connectivity index (χ0v) is 21.7. The largest absolute Gasteiger partial charge is 0.298 e. The Morgan fingerprint density at radius 3 is 1.57 bits per heavy atom. The van der Waals surface area contributed by atoms with E-state index < -0.39 is 11.8 Å². The number of hydrogen-bond acceptors (Lipinski definition) is 5. The Morgan fingerprint density at radius 2 is 1.10 bits per heavy atom. The molecule has 0 atom stereocenters. The smallest absolute Gasteiger partial charge is 0.255 e. The Kier molecular flexibility index (Phi) is 7.05. The maximum atomic E-state index is 14.0. The van der Waals surface area contributed by atoms with Gasteiger partial charge in [-0.05, 0) is 22.3 Å². The second kappa shape index (κ2) is 11.3. The summed E-state index contributed by atoms with van der Waals surface area (Å²) in [5.74, 6) is -0.746. The topological polar surface area (TPSA) is 77.2 Å². The predicted molar refractivity (Wildman–Crippen MR) is 154 cm³/mol. The average molecular weight is 523 g/mol. The number of carbonyl (C=O) groups is 2. The van der Waals surface area contributed by atoms with Gasteiger partial charge >= 0.3 is 0 Å². The van der Waals surface area contributed by atoms with Crippen molar-refractivity contribution in [3.63, 3.8) is 0 Å². The summed E-state index contributed by atoms with van der Waals surface area (Å²) in [5.41, 5.74) is 4.10. The normalized spacial score (nSPS) is 11.9. The molecule has 40 heavy (non-hydrogen) atoms. The molecule has 0 aliphatic heterocycles. The minimum Gasteiger partial charge on any atom is -0.298 e. The van der Waals surface area contributed by atoms with Gasteiger partial charge in [-0.25, -0.2) is 4.98 Å². The molecule has 0 amide bonds. The number of imidazole rings is 1. The fourth-order valence-corrected chi connectivity index (χ4v) is 5.23. The maximum absolute atomic E-state index is 14.0. The van der Waals surface area contributed by atoms with Crippen molar-refractivity contribution >= 4 is 23.4 Å². The van der Waals surface area contributed by atoms with Crippen molar-refractivity contribution in [2.75, 3.05) is 0 Å². The van der Waals surface area contributed by atoms with Gasteiger partial charge < -0.3 is 0 Å². The van der Waals surface area contributed by atoms with E-state index >= 15 is 0 Å². The van der Waals surface area contributed by atoms with E-state index in [0.717, 1.165) is 22.3 Å². The first kappa shape index (κ1) is 25.1. The van der Waals surface area contributed by atoms with Crippen LogP contribution in [-0.4, -0.2) is 31.1 Å². The van der Waals surface area contributed by atoms with Crippen LogP contribution < -0.4 is 5.35 Å². The van der Waals surface area contributed by atoms with Gasteiger partial charge in [0.1, 0.15) is 6.33 Å². The molecule has 6 aromatic rings. The number of nitrogens with zero attached hydrogens (tertiary/aromatic N) is 4. The monoisotopic (exact) mass is 522 g/mol. The molecule has 0 aliphatic rings. The number of benzene rings is 4. The molecule has 0 aliphatic carbocycles. The Morgan fingerprint density at radius 1 is 0.650 bits per heavy atom. The van der Waals surface area contributed by atoms with Gasteiger partial charge in [-0.3, -0.25) is 14.0 Å². The number of rotatable bonds is 9. The van der Waals surface area contributed by atoms with Crippen molar-refractivity contribution in [2.45, 2.75) is 18.3 Å². The van der Waals surface area contributed by atoms with E-state index in [1.165, 1.54) is 6.33 Å². The molecule has 2 heterocycles. The Bertz CT molecular complexity index is 1720. The number of Topliss-reactive ketones (excluding diaryl/α,β-unsaturated/α-hetero) is 2. The van der Waals surface area contributed by atoms with Crippen LogP contribution in [0, 0.1) is 0 Å². The van der Waals surface area contributed by atoms with E-state index in [4.69, 9.17) is 0 Å². The molecule has 0 spiro atoms. The fraction of sp³-hybridized carbons (Fsp3) is 0.0882. The number of ketones is 2. The minimum atomic E-state index is -0.506. The molecular weight excluding hydrogens is 496 g/mol. The summed E-state index contributed by atoms with van der Waals surface area (Å²) < 4.78 is 1.67. The van der Waals surface area contributed by atoms with Crippen molar-refractivity contribution < 1.29 is 9.59 Å². The zero-order valence-electron chi connectivity index (χ0n) is 21.7. The average Bonchev–Trinajstić information content (AvgIpc) is 3.58. The van der Waals surface area contributed by atoms with Gasteiger partial charge in [-0.1, -0.05) is 121 Å². The van der Waals surface area contributed by atoms with Crippen LogP contribution in [0.15, 0.2) is 128 Å². The number of carbonyl (C=O) groups excluding carboxylic acids is 2. The van der Waals surface area contributed by atoms with Crippen LogP contribution in [0.25, 0.3) is 11.9 Å². The van der Waals surface area contributed by atoms with Gasteiger partial charge in [-0.15, -0.1) is 10.2 Å². The number of fused-ring (bicyclic) bond motifs is 1. The highest BCUT2D eigenvalue weighted by atomic mass is 16.1. The molecule has 6 nitrogen and oxygen atoms in total. The summed E-state index contributed by atoms with van der Waals surface area (Å²) in [5, 5.41) is 8.59. The van der Waals surface area contributed by atoms with Crippen molar-refractivity contribution in [3.8, 4) is 0 Å². The molecule has 6 rings (SSSR count). The lowest BCUT2D eigenvalue weighted by molar-refractivity contribution is -0.119. The molecule has 0 bridgehead atoms. The number of aromatic nitrogens is 4. The van der Waals surface area contributed by atoms with Gasteiger partial charge in [0.05, 0.1) is 29.3 Å². The molecule has 4 aromatic carbocycles. The van der Waals surface area contributed by atoms with Crippen molar-refractivity contribution in [1.82, 2.24) is 19.6 Å². The van der Waals surface area contributed by atoms with Gasteiger partial charge in [0, 0.05) is 6.08 Å². The molecule has 2 aromatic heterocycles. The summed E-state index contributed by atoms with van der Waals surface area (Å²) in [6.45, 7) is 0. The van der Waals surface area contributed by atoms with Gasteiger partial charge in [-0.2, -0.15) is 0 Å². The summed E-state index contributed by atoms with van der Waals surface area (Å²) in [7, 11) is 0. The lowest BCUT2D eigenvalue weighted by atomic mass is 9.85. The first-order chi connectivity index (χ1) is 19.7. The van der Waals surface area contributed by atoms with E-state index in [1.54, 1.807) is 10.5 Å². The van der Waals surface area contributed by atoms with E-state index in [-0.39, 0.29) is 18.0 Å². The van der Waals surface area contributed by atoms with Crippen LogP contribution in [0.2, 0.25) is 0 Å². The number of hydrogen-bond donors (Lipinski definition) is 0. The van der Waals surface area contributed by atoms with Gasteiger partial charge in [0.25, 0.3) is 5.78 Å². The molecule has 0 radical (unpaired) electrons. The molecular formula is C34H26N4O2. The summed E-state index contributed by atoms with van der Waals surface area (Å²) in [6.07, 6.45) is 3.15. The highest BCUT2D eigenvalue weighted by Crippen LogP contribution is 2.28. The summed E-state index contributed by atoms with van der Waals surface area (Å²) >= 11 is 0. The third-order valence-electron chi connectivity index (χ3n) is 7.08. The minimum absolute atomic E-state index is 0.0177. The van der Waals surface area contributed by atoms with Crippen molar-refractivity contribution in [2.24, 2.45) is 0 Å². The summed E-state index contributed by atoms with van der Waals surface area (Å²) in [6, 6.07) is 38.9. The Balaban J connectivity index is 1.42. The maximum Gasteiger partial charge on any atom is 0.255 e. The third-order valence-corrected chi connectivity index (χ3v) is 7.08. The fourth-order valence-electron chi connectivity index (χ4n) is 5.23. The second-order valence-corrected chi connectivity index (χ2v) is 9.64. The first-order valence-corrected chi connectivity index (χ1v) is 13.2. The standard InChI is InChI=1S/C34H26N4O2/c39-30(32(24-13-5-1-6-14-24)25-15-7-2-8-16-25)21-28-29(38-23-35-37-34(38)36-28)22-31(40)33(26-17-9-3-10-18-26)27-19-11-4-12-20-27/h1-20,22-23,32-33H,21H2. The molecule has 0 saturated carbocycles. The second-order valence-electron chi connectivity index (χ2n) is 9.64. The van der Waals surface area contributed by atoms with Gasteiger partial charge in [0.15, 0.2) is 11.6 Å². The van der Waals surface area contributed by atoms with Crippen molar-refractivity contribution in [1.29, 1.82) is 0 Å². The predicted octanol–water partition coefficient (Wildman–Crippen LogP) is 4.97. The lowest BCUT2D eigenvalue weighted by Gasteiger charge is -2.17. The highest BCUT2D eigenvalue weighted by molar-refractivity contribution is 6.11. The third kappa shape index (κ3) is 5.07. The van der Waals surface area contributed by atoms with Crippen LogP contribution in [-0.2, 0) is 16.0 Å². The van der Waals surface area contributed by atoms with E-state index in [0.29, 0.717) is 16.8 Å². The SMILES string of the molecule is O=C(C=c1c(CC(=O)C(c2ccccc2)c2ccccc2)nc2nncn12)C(c1ccccc1)c1ccccc1. The van der Waals surface area contributed by atoms with Crippen LogP contribution >= 0.6 is 0 Å². The van der Waals surface area contributed by atoms with Crippen LogP contribution in [0.4, 0.5) is 0 Å². The van der Waals surface area contributed by atoms with Crippen LogP contribution in [0.5, 0.6) is 0 Å². The van der Waals surface area contributed by atoms with Crippen molar-refractivity contribution in [3.05, 3.63) is 161 Å². The Hall–Kier alpha value is -5.23. The lowest BCUT2D eigenvalue weighted by Crippen LogP contribution is -2.24. The quantitative estimate of drug-likeness (QED) is 0.268. The van der Waals surface area contributed by atoms with E-state index in [2.05, 4.69) is 15.2 Å². The van der Waals surface area contributed by atoms with Crippen LogP contribution in [0.1, 0.15) is 39.8 Å². The van der Waals surface area contributed by atoms with Crippen LogP contribution in [0.3, 0.4) is 0 Å². The Labute approximate surface area is 231 Å².